The summed E-state index contributed by atoms with van der Waals surface area (Å²) < 4.78 is 34.7. The molecule has 0 aliphatic carbocycles. The van der Waals surface area contributed by atoms with Gasteiger partial charge in [-0.25, -0.2) is 8.78 Å². The maximum Gasteiger partial charge on any atom is 0.166 e. The van der Waals surface area contributed by atoms with Gasteiger partial charge in [0.05, 0.1) is 6.61 Å². The second-order valence-corrected chi connectivity index (χ2v) is 7.50. The molecular weight excluding hydrogens is 354 g/mol. The van der Waals surface area contributed by atoms with E-state index in [1.165, 1.54) is 32.1 Å². The average Bonchev–Trinajstić information content (AvgIpc) is 2.71. The topological polar surface area (TPSA) is 9.23 Å². The Morgan fingerprint density at radius 2 is 1.32 bits per heavy atom. The smallest absolute Gasteiger partial charge is 0.166 e. The largest absolute Gasteiger partial charge is 0.494 e. The van der Waals surface area contributed by atoms with Crippen LogP contribution in [0.3, 0.4) is 0 Å². The number of hydrogen-bond acceptors (Lipinski definition) is 1. The molecular formula is C25H34F2O. The van der Waals surface area contributed by atoms with Gasteiger partial charge in [0, 0.05) is 5.56 Å². The predicted molar refractivity (Wildman–Crippen MR) is 114 cm³/mol. The molecule has 0 amide bonds. The maximum absolute atomic E-state index is 14.5. The molecule has 0 unspecified atom stereocenters. The van der Waals surface area contributed by atoms with Crippen LogP contribution >= 0.6 is 0 Å². The van der Waals surface area contributed by atoms with Gasteiger partial charge < -0.3 is 4.74 Å². The first-order valence-corrected chi connectivity index (χ1v) is 10.9. The highest BCUT2D eigenvalue weighted by molar-refractivity contribution is 5.65. The van der Waals surface area contributed by atoms with Crippen molar-refractivity contribution in [3.8, 4) is 16.9 Å². The standard InChI is InChI=1S/C25H34F2O/c1-3-5-7-8-9-11-19-28-22-16-13-20(14-17-22)23-18-15-21(12-10-6-4-2)24(26)25(23)27/h13-18H,3-12,19H2,1-2H3. The normalized spacial score (nSPS) is 11.0. The Bertz CT molecular complexity index is 694. The molecule has 0 bridgehead atoms. The van der Waals surface area contributed by atoms with Crippen molar-refractivity contribution in [1.82, 2.24) is 0 Å². The van der Waals surface area contributed by atoms with E-state index < -0.39 is 11.6 Å². The first-order valence-electron chi connectivity index (χ1n) is 10.9. The van der Waals surface area contributed by atoms with Crippen molar-refractivity contribution in [2.75, 3.05) is 6.61 Å². The van der Waals surface area contributed by atoms with E-state index in [2.05, 4.69) is 13.8 Å². The van der Waals surface area contributed by atoms with Crippen LogP contribution in [-0.2, 0) is 6.42 Å². The molecule has 1 nitrogen and oxygen atoms in total. The zero-order valence-corrected chi connectivity index (χ0v) is 17.4. The molecule has 3 heteroatoms. The summed E-state index contributed by atoms with van der Waals surface area (Å²) in [6.45, 7) is 5.01. The van der Waals surface area contributed by atoms with Gasteiger partial charge in [0.25, 0.3) is 0 Å². The minimum atomic E-state index is -0.755. The lowest BCUT2D eigenvalue weighted by molar-refractivity contribution is 0.304. The molecule has 2 aromatic carbocycles. The van der Waals surface area contributed by atoms with Crippen molar-refractivity contribution in [3.05, 3.63) is 53.6 Å². The summed E-state index contributed by atoms with van der Waals surface area (Å²) in [5.74, 6) is -0.693. The van der Waals surface area contributed by atoms with Crippen LogP contribution in [0.15, 0.2) is 36.4 Å². The molecule has 28 heavy (non-hydrogen) atoms. The van der Waals surface area contributed by atoms with Gasteiger partial charge >= 0.3 is 0 Å². The van der Waals surface area contributed by atoms with Gasteiger partial charge in [-0.1, -0.05) is 83.1 Å². The minimum Gasteiger partial charge on any atom is -0.494 e. The van der Waals surface area contributed by atoms with E-state index in [0.29, 0.717) is 29.7 Å². The SMILES string of the molecule is CCCCCCCCOc1ccc(-c2ccc(CCCCC)c(F)c2F)cc1. The molecule has 0 aliphatic heterocycles. The molecule has 0 saturated carbocycles. The Labute approximate surface area is 169 Å². The van der Waals surface area contributed by atoms with Gasteiger partial charge in [0.1, 0.15) is 5.75 Å². The van der Waals surface area contributed by atoms with Crippen molar-refractivity contribution >= 4 is 0 Å². The van der Waals surface area contributed by atoms with E-state index in [4.69, 9.17) is 4.74 Å². The monoisotopic (exact) mass is 388 g/mol. The molecule has 0 radical (unpaired) electrons. The Morgan fingerprint density at radius 3 is 2.04 bits per heavy atom. The van der Waals surface area contributed by atoms with E-state index >= 15 is 0 Å². The van der Waals surface area contributed by atoms with Crippen molar-refractivity contribution in [1.29, 1.82) is 0 Å². The van der Waals surface area contributed by atoms with Gasteiger partial charge in [0.15, 0.2) is 11.6 Å². The second kappa shape index (κ2) is 12.5. The summed E-state index contributed by atoms with van der Waals surface area (Å²) in [6, 6.07) is 10.7. The Morgan fingerprint density at radius 1 is 0.679 bits per heavy atom. The van der Waals surface area contributed by atoms with E-state index in [1.807, 2.05) is 12.1 Å². The maximum atomic E-state index is 14.5. The fraction of sp³-hybridized carbons (Fsp3) is 0.520. The molecule has 0 heterocycles. The van der Waals surface area contributed by atoms with Crippen LogP contribution < -0.4 is 4.74 Å². The average molecular weight is 389 g/mol. The zero-order valence-electron chi connectivity index (χ0n) is 17.4. The van der Waals surface area contributed by atoms with Gasteiger partial charge in [0.2, 0.25) is 0 Å². The molecule has 0 saturated heterocycles. The number of ether oxygens (including phenoxy) is 1. The fourth-order valence-corrected chi connectivity index (χ4v) is 3.37. The molecule has 2 rings (SSSR count). The number of benzene rings is 2. The van der Waals surface area contributed by atoms with Gasteiger partial charge in [-0.15, -0.1) is 0 Å². The van der Waals surface area contributed by atoms with E-state index in [0.717, 1.165) is 31.4 Å². The minimum absolute atomic E-state index is 0.305. The van der Waals surface area contributed by atoms with Crippen molar-refractivity contribution in [2.24, 2.45) is 0 Å². The van der Waals surface area contributed by atoms with Crippen LogP contribution in [0.4, 0.5) is 8.78 Å². The summed E-state index contributed by atoms with van der Waals surface area (Å²) in [5.41, 5.74) is 1.44. The Balaban J connectivity index is 1.89. The summed E-state index contributed by atoms with van der Waals surface area (Å²) in [5, 5.41) is 0. The number of halogens is 2. The summed E-state index contributed by atoms with van der Waals surface area (Å²) >= 11 is 0. The van der Waals surface area contributed by atoms with Gasteiger partial charge in [-0.2, -0.15) is 0 Å². The lowest BCUT2D eigenvalue weighted by atomic mass is 10.00. The molecule has 0 N–H and O–H groups in total. The fourth-order valence-electron chi connectivity index (χ4n) is 3.37. The third-order valence-electron chi connectivity index (χ3n) is 5.14. The van der Waals surface area contributed by atoms with Crippen LogP contribution in [0.2, 0.25) is 0 Å². The molecule has 0 fully saturated rings. The van der Waals surface area contributed by atoms with Crippen LogP contribution in [0.25, 0.3) is 11.1 Å². The van der Waals surface area contributed by atoms with Crippen LogP contribution in [0.1, 0.15) is 77.2 Å². The predicted octanol–water partition coefficient (Wildman–Crippen LogP) is 8.10. The lowest BCUT2D eigenvalue weighted by Gasteiger charge is -2.10. The first-order chi connectivity index (χ1) is 13.7. The van der Waals surface area contributed by atoms with Gasteiger partial charge in [-0.3, -0.25) is 0 Å². The van der Waals surface area contributed by atoms with Gasteiger partial charge in [-0.05, 0) is 42.5 Å². The third-order valence-corrected chi connectivity index (χ3v) is 5.14. The molecule has 0 aromatic heterocycles. The van der Waals surface area contributed by atoms with Crippen molar-refractivity contribution < 1.29 is 13.5 Å². The third kappa shape index (κ3) is 6.92. The summed E-state index contributed by atoms with van der Waals surface area (Å²) in [6.07, 6.45) is 10.9. The highest BCUT2D eigenvalue weighted by atomic mass is 19.2. The molecule has 154 valence electrons. The van der Waals surface area contributed by atoms with Crippen molar-refractivity contribution in [2.45, 2.75) is 78.1 Å². The van der Waals surface area contributed by atoms with Crippen LogP contribution in [0.5, 0.6) is 5.75 Å². The van der Waals surface area contributed by atoms with Crippen molar-refractivity contribution in [3.63, 3.8) is 0 Å². The van der Waals surface area contributed by atoms with E-state index in [-0.39, 0.29) is 0 Å². The number of aryl methyl sites for hydroxylation is 1. The van der Waals surface area contributed by atoms with E-state index in [1.54, 1.807) is 24.3 Å². The Kier molecular flexibility index (Phi) is 10.0. The number of rotatable bonds is 13. The first kappa shape index (κ1) is 22.4. The molecule has 0 aliphatic rings. The lowest BCUT2D eigenvalue weighted by Crippen LogP contribution is -1.99. The molecule has 0 spiro atoms. The highest BCUT2D eigenvalue weighted by Gasteiger charge is 2.14. The van der Waals surface area contributed by atoms with Crippen LogP contribution in [0, 0.1) is 11.6 Å². The summed E-state index contributed by atoms with van der Waals surface area (Å²) in [4.78, 5) is 0. The van der Waals surface area contributed by atoms with Crippen LogP contribution in [-0.4, -0.2) is 6.61 Å². The molecule has 2 aromatic rings. The second-order valence-electron chi connectivity index (χ2n) is 7.50. The molecule has 0 atom stereocenters. The number of unbranched alkanes of at least 4 members (excludes halogenated alkanes) is 7. The number of hydrogen-bond donors (Lipinski definition) is 0. The Hall–Kier alpha value is -1.90. The highest BCUT2D eigenvalue weighted by Crippen LogP contribution is 2.28. The van der Waals surface area contributed by atoms with E-state index in [9.17, 15) is 8.78 Å². The summed E-state index contributed by atoms with van der Waals surface area (Å²) in [7, 11) is 0. The zero-order chi connectivity index (χ0) is 20.2. The quantitative estimate of drug-likeness (QED) is 0.315.